The van der Waals surface area contributed by atoms with Gasteiger partial charge in [-0.2, -0.15) is 0 Å². The van der Waals surface area contributed by atoms with E-state index in [1.54, 1.807) is 18.7 Å². The first-order valence-corrected chi connectivity index (χ1v) is 9.87. The van der Waals surface area contributed by atoms with Crippen LogP contribution in [0.15, 0.2) is 24.3 Å². The fourth-order valence-corrected chi connectivity index (χ4v) is 3.54. The first-order chi connectivity index (χ1) is 14.4. The van der Waals surface area contributed by atoms with Crippen LogP contribution in [0.5, 0.6) is 0 Å². The Morgan fingerprint density at radius 1 is 1.07 bits per heavy atom. The van der Waals surface area contributed by atoms with Crippen molar-refractivity contribution in [3.05, 3.63) is 46.8 Å². The van der Waals surface area contributed by atoms with Gasteiger partial charge in [0, 0.05) is 37.4 Å². The molecule has 0 spiro atoms. The van der Waals surface area contributed by atoms with Crippen molar-refractivity contribution in [2.24, 2.45) is 0 Å². The molecule has 30 heavy (non-hydrogen) atoms. The van der Waals surface area contributed by atoms with Crippen molar-refractivity contribution in [1.29, 1.82) is 0 Å². The summed E-state index contributed by atoms with van der Waals surface area (Å²) in [4.78, 5) is 55.5. The fraction of sp³-hybridized carbons (Fsp3) is 0.364. The first-order valence-electron chi connectivity index (χ1n) is 9.87. The lowest BCUT2D eigenvalue weighted by molar-refractivity contribution is -0.131. The zero-order valence-electron chi connectivity index (χ0n) is 17.4. The number of piperazine rings is 1. The third-order valence-electron chi connectivity index (χ3n) is 5.18. The highest BCUT2D eigenvalue weighted by atomic mass is 16.5. The number of ether oxygens (including phenoxy) is 1. The summed E-state index contributed by atoms with van der Waals surface area (Å²) in [5.41, 5.74) is 2.84. The number of nitrogens with zero attached hydrogens (tertiary/aromatic N) is 2. The number of H-pyrrole nitrogens is 1. The van der Waals surface area contributed by atoms with Gasteiger partial charge in [-0.15, -0.1) is 0 Å². The number of Topliss-reactive ketones (excluding diaryl/α,β-unsaturated/α-hetero) is 1. The molecule has 0 aliphatic carbocycles. The zero-order valence-corrected chi connectivity index (χ0v) is 17.4. The van der Waals surface area contributed by atoms with Crippen molar-refractivity contribution >= 4 is 24.1 Å². The molecule has 1 saturated heterocycles. The maximum Gasteiger partial charge on any atom is 0.340 e. The number of aryl methyl sites for hydroxylation is 2. The minimum absolute atomic E-state index is 0.0715. The van der Waals surface area contributed by atoms with Gasteiger partial charge in [0.2, 0.25) is 6.41 Å². The van der Waals surface area contributed by atoms with Gasteiger partial charge in [-0.1, -0.05) is 29.8 Å². The van der Waals surface area contributed by atoms with Crippen LogP contribution in [0.3, 0.4) is 0 Å². The molecule has 0 unspecified atom stereocenters. The molecule has 8 heteroatoms. The number of carbonyl (C=O) groups is 4. The van der Waals surface area contributed by atoms with Crippen molar-refractivity contribution in [1.82, 2.24) is 14.8 Å². The SMILES string of the molecule is CCOC(=O)c1c(C)[nH]c(C(=O)C(=O)N2CCN(C=O)CC2)c1-c1ccc(C)cc1. The lowest BCUT2D eigenvalue weighted by Crippen LogP contribution is -2.50. The number of aromatic amines is 1. The highest BCUT2D eigenvalue weighted by Crippen LogP contribution is 2.32. The molecule has 0 atom stereocenters. The summed E-state index contributed by atoms with van der Waals surface area (Å²) in [7, 11) is 0. The molecule has 158 valence electrons. The predicted octanol–water partition coefficient (Wildman–Crippen LogP) is 1.96. The average Bonchev–Trinajstić information content (AvgIpc) is 3.10. The van der Waals surface area contributed by atoms with Crippen LogP contribution in [0.25, 0.3) is 11.1 Å². The number of nitrogens with one attached hydrogen (secondary N) is 1. The Bertz CT molecular complexity index is 969. The van der Waals surface area contributed by atoms with Gasteiger partial charge in [0.1, 0.15) is 5.69 Å². The highest BCUT2D eigenvalue weighted by Gasteiger charge is 2.33. The van der Waals surface area contributed by atoms with Crippen molar-refractivity contribution in [2.45, 2.75) is 20.8 Å². The summed E-state index contributed by atoms with van der Waals surface area (Å²) in [6.45, 7) is 6.85. The minimum Gasteiger partial charge on any atom is -0.462 e. The number of hydrogen-bond acceptors (Lipinski definition) is 5. The molecule has 1 aliphatic rings. The van der Waals surface area contributed by atoms with Crippen molar-refractivity contribution in [3.63, 3.8) is 0 Å². The van der Waals surface area contributed by atoms with Crippen LogP contribution >= 0.6 is 0 Å². The van der Waals surface area contributed by atoms with Gasteiger partial charge in [-0.3, -0.25) is 14.4 Å². The molecular formula is C22H25N3O5. The Hall–Kier alpha value is -3.42. The van der Waals surface area contributed by atoms with E-state index in [-0.39, 0.29) is 31.0 Å². The Morgan fingerprint density at radius 3 is 2.27 bits per heavy atom. The molecule has 1 aromatic heterocycles. The van der Waals surface area contributed by atoms with Crippen LogP contribution in [0.4, 0.5) is 0 Å². The average molecular weight is 411 g/mol. The molecule has 0 bridgehead atoms. The summed E-state index contributed by atoms with van der Waals surface area (Å²) >= 11 is 0. The molecule has 1 N–H and O–H groups in total. The third kappa shape index (κ3) is 4.12. The number of carbonyl (C=O) groups excluding carboxylic acids is 4. The number of hydrogen-bond donors (Lipinski definition) is 1. The number of esters is 1. The van der Waals surface area contributed by atoms with Crippen molar-refractivity contribution < 1.29 is 23.9 Å². The second kappa shape index (κ2) is 8.94. The second-order valence-electron chi connectivity index (χ2n) is 7.22. The van der Waals surface area contributed by atoms with E-state index in [4.69, 9.17) is 4.74 Å². The lowest BCUT2D eigenvalue weighted by Gasteiger charge is -2.32. The number of benzene rings is 1. The van der Waals surface area contributed by atoms with Gasteiger partial charge in [-0.05, 0) is 26.3 Å². The van der Waals surface area contributed by atoms with E-state index in [1.165, 1.54) is 4.90 Å². The topological polar surface area (TPSA) is 99.8 Å². The summed E-state index contributed by atoms with van der Waals surface area (Å²) in [5, 5.41) is 0. The molecule has 8 nitrogen and oxygen atoms in total. The van der Waals surface area contributed by atoms with Crippen LogP contribution in [-0.4, -0.2) is 71.6 Å². The number of amides is 2. The summed E-state index contributed by atoms with van der Waals surface area (Å²) in [6, 6.07) is 7.37. The predicted molar refractivity (Wildman–Crippen MR) is 110 cm³/mol. The molecule has 2 amide bonds. The molecule has 1 fully saturated rings. The number of ketones is 1. The Balaban J connectivity index is 2.01. The largest absolute Gasteiger partial charge is 0.462 e. The molecule has 2 heterocycles. The van der Waals surface area contributed by atoms with Gasteiger partial charge in [-0.25, -0.2) is 4.79 Å². The van der Waals surface area contributed by atoms with E-state index in [0.717, 1.165) is 12.0 Å². The van der Waals surface area contributed by atoms with E-state index in [1.807, 2.05) is 31.2 Å². The minimum atomic E-state index is -0.719. The van der Waals surface area contributed by atoms with Crippen molar-refractivity contribution in [3.8, 4) is 11.1 Å². The Morgan fingerprint density at radius 2 is 1.70 bits per heavy atom. The smallest absolute Gasteiger partial charge is 0.340 e. The van der Waals surface area contributed by atoms with E-state index < -0.39 is 17.7 Å². The van der Waals surface area contributed by atoms with Crippen LogP contribution in [0.2, 0.25) is 0 Å². The number of aromatic nitrogens is 1. The maximum absolute atomic E-state index is 13.1. The second-order valence-corrected chi connectivity index (χ2v) is 7.22. The van der Waals surface area contributed by atoms with Crippen LogP contribution in [-0.2, 0) is 14.3 Å². The van der Waals surface area contributed by atoms with Gasteiger partial charge in [0.25, 0.3) is 11.7 Å². The maximum atomic E-state index is 13.1. The third-order valence-corrected chi connectivity index (χ3v) is 5.18. The van der Waals surface area contributed by atoms with Crippen molar-refractivity contribution in [2.75, 3.05) is 32.8 Å². The Labute approximate surface area is 174 Å². The molecule has 0 radical (unpaired) electrons. The van der Waals surface area contributed by atoms with Crippen LogP contribution < -0.4 is 0 Å². The van der Waals surface area contributed by atoms with E-state index in [2.05, 4.69) is 4.98 Å². The fourth-order valence-electron chi connectivity index (χ4n) is 3.54. The molecule has 1 aromatic carbocycles. The van der Waals surface area contributed by atoms with E-state index in [0.29, 0.717) is 29.9 Å². The standard InChI is InChI=1S/C22H25N3O5/c1-4-30-22(29)17-15(3)23-19(18(17)16-7-5-14(2)6-8-16)20(27)21(28)25-11-9-24(13-26)10-12-25/h5-8,13,23H,4,9-12H2,1-3H3. The van der Waals surface area contributed by atoms with Gasteiger partial charge in [0.15, 0.2) is 0 Å². The summed E-state index contributed by atoms with van der Waals surface area (Å²) in [5.74, 6) is -1.93. The first kappa shape index (κ1) is 21.3. The monoisotopic (exact) mass is 411 g/mol. The van der Waals surface area contributed by atoms with Gasteiger partial charge in [0.05, 0.1) is 12.2 Å². The molecule has 3 rings (SSSR count). The normalized spacial score (nSPS) is 13.8. The zero-order chi connectivity index (χ0) is 21.8. The molecular weight excluding hydrogens is 386 g/mol. The van der Waals surface area contributed by atoms with E-state index >= 15 is 0 Å². The number of rotatable bonds is 6. The van der Waals surface area contributed by atoms with Gasteiger partial charge < -0.3 is 19.5 Å². The van der Waals surface area contributed by atoms with E-state index in [9.17, 15) is 19.2 Å². The quantitative estimate of drug-likeness (QED) is 0.339. The summed E-state index contributed by atoms with van der Waals surface area (Å²) in [6.07, 6.45) is 0.735. The molecule has 0 saturated carbocycles. The lowest BCUT2D eigenvalue weighted by atomic mass is 9.97. The van der Waals surface area contributed by atoms with Gasteiger partial charge >= 0.3 is 5.97 Å². The Kier molecular flexibility index (Phi) is 6.34. The molecule has 2 aromatic rings. The van der Waals surface area contributed by atoms with Crippen LogP contribution in [0.1, 0.15) is 39.0 Å². The summed E-state index contributed by atoms with van der Waals surface area (Å²) < 4.78 is 5.18. The van der Waals surface area contributed by atoms with Crippen LogP contribution in [0, 0.1) is 13.8 Å². The molecule has 1 aliphatic heterocycles. The highest BCUT2D eigenvalue weighted by molar-refractivity contribution is 6.43.